The maximum absolute atomic E-state index is 10.5. The molecule has 0 spiro atoms. The fourth-order valence-electron chi connectivity index (χ4n) is 1.55. The second-order valence-corrected chi connectivity index (χ2v) is 4.03. The molecular formula is C13H12N4O4. The zero-order valence-corrected chi connectivity index (χ0v) is 10.8. The van der Waals surface area contributed by atoms with Gasteiger partial charge in [-0.25, -0.2) is 0 Å². The minimum atomic E-state index is -1.16. The van der Waals surface area contributed by atoms with Crippen molar-refractivity contribution >= 4 is 5.69 Å². The molecular weight excluding hydrogens is 276 g/mol. The molecule has 1 rings (SSSR count). The van der Waals surface area contributed by atoms with Gasteiger partial charge in [0, 0.05) is 18.3 Å². The van der Waals surface area contributed by atoms with Gasteiger partial charge in [-0.15, -0.1) is 0 Å². The van der Waals surface area contributed by atoms with Crippen LogP contribution in [0.1, 0.15) is 11.7 Å². The summed E-state index contributed by atoms with van der Waals surface area (Å²) in [6, 6.07) is 7.60. The van der Waals surface area contributed by atoms with Crippen LogP contribution < -0.4 is 5.32 Å². The monoisotopic (exact) mass is 288 g/mol. The molecule has 0 bridgehead atoms. The second-order valence-electron chi connectivity index (χ2n) is 4.03. The molecule has 2 atom stereocenters. The van der Waals surface area contributed by atoms with E-state index in [-0.39, 0.29) is 11.3 Å². The molecule has 0 aliphatic rings. The largest absolute Gasteiger partial charge is 0.394 e. The number of allylic oxidation sites excluding steroid dienone is 1. The summed E-state index contributed by atoms with van der Waals surface area (Å²) in [7, 11) is 0. The van der Waals surface area contributed by atoms with Crippen LogP contribution in [0.25, 0.3) is 0 Å². The van der Waals surface area contributed by atoms with Crippen LogP contribution in [0.15, 0.2) is 36.0 Å². The van der Waals surface area contributed by atoms with Gasteiger partial charge in [0.25, 0.3) is 5.69 Å². The highest BCUT2D eigenvalue weighted by Gasteiger charge is 2.20. The Morgan fingerprint density at radius 3 is 2.38 bits per heavy atom. The smallest absolute Gasteiger partial charge is 0.269 e. The summed E-state index contributed by atoms with van der Waals surface area (Å²) in [5, 5.41) is 49.6. The third-order valence-electron chi connectivity index (χ3n) is 2.71. The fourth-order valence-corrected chi connectivity index (χ4v) is 1.55. The molecule has 0 aliphatic carbocycles. The summed E-state index contributed by atoms with van der Waals surface area (Å²) in [5.41, 5.74) is 0.0379. The minimum absolute atomic E-state index is 0.115. The standard InChI is InChI=1S/C13H12N4O4/c14-5-9(6-15)7-16-12(8-18)13(19)10-1-3-11(4-2-10)17(20)21/h1-4,7,12-13,16,18-19H,8H2. The molecule has 0 saturated carbocycles. The predicted octanol–water partition coefficient (Wildman–Crippen LogP) is 0.510. The van der Waals surface area contributed by atoms with Crippen molar-refractivity contribution < 1.29 is 15.1 Å². The quantitative estimate of drug-likeness (QED) is 0.393. The zero-order chi connectivity index (χ0) is 15.8. The third-order valence-corrected chi connectivity index (χ3v) is 2.71. The summed E-state index contributed by atoms with van der Waals surface area (Å²) in [6.07, 6.45) is -0.0686. The van der Waals surface area contributed by atoms with Gasteiger partial charge in [-0.05, 0) is 17.7 Å². The van der Waals surface area contributed by atoms with Gasteiger partial charge in [0.05, 0.1) is 17.6 Å². The number of hydrogen-bond donors (Lipinski definition) is 3. The number of aliphatic hydroxyl groups is 2. The van der Waals surface area contributed by atoms with Crippen LogP contribution in [0.2, 0.25) is 0 Å². The summed E-state index contributed by atoms with van der Waals surface area (Å²) in [4.78, 5) is 9.97. The topological polar surface area (TPSA) is 143 Å². The summed E-state index contributed by atoms with van der Waals surface area (Å²) < 4.78 is 0. The Morgan fingerprint density at radius 1 is 1.38 bits per heavy atom. The summed E-state index contributed by atoms with van der Waals surface area (Å²) >= 11 is 0. The van der Waals surface area contributed by atoms with Gasteiger partial charge in [-0.3, -0.25) is 10.1 Å². The number of benzene rings is 1. The molecule has 0 saturated heterocycles. The van der Waals surface area contributed by atoms with E-state index >= 15 is 0 Å². The van der Waals surface area contributed by atoms with Crippen LogP contribution in [0.3, 0.4) is 0 Å². The highest BCUT2D eigenvalue weighted by Crippen LogP contribution is 2.20. The molecule has 108 valence electrons. The molecule has 1 aromatic carbocycles. The number of nitrogens with zero attached hydrogens (tertiary/aromatic N) is 3. The van der Waals surface area contributed by atoms with Crippen molar-refractivity contribution in [3.8, 4) is 12.1 Å². The number of nitro benzene ring substituents is 1. The average Bonchev–Trinajstić information content (AvgIpc) is 2.51. The molecule has 21 heavy (non-hydrogen) atoms. The highest BCUT2D eigenvalue weighted by atomic mass is 16.6. The molecule has 2 unspecified atom stereocenters. The number of hydrogen-bond acceptors (Lipinski definition) is 7. The van der Waals surface area contributed by atoms with Gasteiger partial charge in [0.15, 0.2) is 0 Å². The molecule has 0 amide bonds. The lowest BCUT2D eigenvalue weighted by Crippen LogP contribution is -2.35. The number of non-ortho nitro benzene ring substituents is 1. The van der Waals surface area contributed by atoms with Gasteiger partial charge in [-0.2, -0.15) is 10.5 Å². The number of nitrogens with one attached hydrogen (secondary N) is 1. The van der Waals surface area contributed by atoms with Gasteiger partial charge in [0.1, 0.15) is 23.8 Å². The van der Waals surface area contributed by atoms with Crippen molar-refractivity contribution in [2.75, 3.05) is 6.61 Å². The Morgan fingerprint density at radius 2 is 1.95 bits per heavy atom. The molecule has 8 heteroatoms. The van der Waals surface area contributed by atoms with Gasteiger partial charge >= 0.3 is 0 Å². The second kappa shape index (κ2) is 7.60. The number of aliphatic hydroxyl groups excluding tert-OH is 2. The van der Waals surface area contributed by atoms with Crippen LogP contribution in [0.5, 0.6) is 0 Å². The van der Waals surface area contributed by atoms with E-state index in [0.717, 1.165) is 6.20 Å². The van der Waals surface area contributed by atoms with E-state index in [4.69, 9.17) is 10.5 Å². The van der Waals surface area contributed by atoms with E-state index in [9.17, 15) is 20.3 Å². The molecule has 0 radical (unpaired) electrons. The van der Waals surface area contributed by atoms with Crippen molar-refractivity contribution in [2.24, 2.45) is 0 Å². The maximum atomic E-state index is 10.5. The zero-order valence-electron chi connectivity index (χ0n) is 10.8. The van der Waals surface area contributed by atoms with E-state index in [0.29, 0.717) is 5.56 Å². The predicted molar refractivity (Wildman–Crippen MR) is 71.4 cm³/mol. The van der Waals surface area contributed by atoms with E-state index in [1.54, 1.807) is 12.1 Å². The molecule has 0 fully saturated rings. The fraction of sp³-hybridized carbons (Fsp3) is 0.231. The molecule has 3 N–H and O–H groups in total. The van der Waals surface area contributed by atoms with Crippen LogP contribution in [0.4, 0.5) is 5.69 Å². The Bertz CT molecular complexity index is 597. The van der Waals surface area contributed by atoms with Crippen LogP contribution in [0, 0.1) is 32.8 Å². The first-order valence-corrected chi connectivity index (χ1v) is 5.83. The lowest BCUT2D eigenvalue weighted by atomic mass is 10.0. The first-order valence-electron chi connectivity index (χ1n) is 5.83. The minimum Gasteiger partial charge on any atom is -0.394 e. The lowest BCUT2D eigenvalue weighted by Gasteiger charge is -2.21. The lowest BCUT2D eigenvalue weighted by molar-refractivity contribution is -0.384. The van der Waals surface area contributed by atoms with E-state index in [1.807, 2.05) is 0 Å². The average molecular weight is 288 g/mol. The first kappa shape index (κ1) is 16.1. The van der Waals surface area contributed by atoms with E-state index < -0.39 is 23.7 Å². The molecule has 0 aliphatic heterocycles. The molecule has 0 aromatic heterocycles. The highest BCUT2D eigenvalue weighted by molar-refractivity contribution is 5.35. The SMILES string of the molecule is N#CC(C#N)=CNC(CO)C(O)c1ccc([N+](=O)[O-])cc1. The van der Waals surface area contributed by atoms with Gasteiger partial charge < -0.3 is 15.5 Å². The van der Waals surface area contributed by atoms with Crippen molar-refractivity contribution in [1.29, 1.82) is 10.5 Å². The molecule has 1 aromatic rings. The molecule has 0 heterocycles. The third kappa shape index (κ3) is 4.28. The normalized spacial score (nSPS) is 12.4. The van der Waals surface area contributed by atoms with Crippen molar-refractivity contribution in [2.45, 2.75) is 12.1 Å². The van der Waals surface area contributed by atoms with Gasteiger partial charge in [-0.1, -0.05) is 0 Å². The van der Waals surface area contributed by atoms with Crippen molar-refractivity contribution in [3.63, 3.8) is 0 Å². The Hall–Kier alpha value is -2.94. The number of nitriles is 2. The Labute approximate surface area is 120 Å². The van der Waals surface area contributed by atoms with Crippen LogP contribution in [-0.4, -0.2) is 27.8 Å². The van der Waals surface area contributed by atoms with E-state index in [1.165, 1.54) is 24.3 Å². The van der Waals surface area contributed by atoms with Crippen LogP contribution in [-0.2, 0) is 0 Å². The number of nitro groups is 1. The van der Waals surface area contributed by atoms with Gasteiger partial charge in [0.2, 0.25) is 0 Å². The summed E-state index contributed by atoms with van der Waals surface area (Å²) in [6.45, 7) is -0.460. The first-order chi connectivity index (χ1) is 10.0. The number of rotatable bonds is 6. The van der Waals surface area contributed by atoms with Crippen LogP contribution >= 0.6 is 0 Å². The summed E-state index contributed by atoms with van der Waals surface area (Å²) in [5.74, 6) is 0. The Balaban J connectivity index is 2.86. The Kier molecular flexibility index (Phi) is 5.83. The van der Waals surface area contributed by atoms with Crippen molar-refractivity contribution in [3.05, 3.63) is 51.7 Å². The van der Waals surface area contributed by atoms with Crippen molar-refractivity contribution in [1.82, 2.24) is 5.32 Å². The molecule has 8 nitrogen and oxygen atoms in total. The van der Waals surface area contributed by atoms with E-state index in [2.05, 4.69) is 5.32 Å². The maximum Gasteiger partial charge on any atom is 0.269 e.